The van der Waals surface area contributed by atoms with Crippen molar-refractivity contribution in [3.63, 3.8) is 0 Å². The van der Waals surface area contributed by atoms with Crippen LogP contribution in [0, 0.1) is 0 Å². The summed E-state index contributed by atoms with van der Waals surface area (Å²) < 4.78 is 15.6. The molecule has 0 spiro atoms. The molecule has 2 saturated heterocycles. The van der Waals surface area contributed by atoms with Crippen LogP contribution in [0.25, 0.3) is 0 Å². The Morgan fingerprint density at radius 2 is 1.58 bits per heavy atom. The maximum Gasteiger partial charge on any atom is 0.187 e. The summed E-state index contributed by atoms with van der Waals surface area (Å²) >= 11 is 4.31. The van der Waals surface area contributed by atoms with Gasteiger partial charge in [0, 0.05) is 0 Å². The van der Waals surface area contributed by atoms with Crippen LogP contribution in [-0.2, 0) is 19.0 Å². The first-order valence-corrected chi connectivity index (χ1v) is 8.07. The molecule has 10 atom stereocenters. The van der Waals surface area contributed by atoms with Gasteiger partial charge >= 0.3 is 0 Å². The first-order valence-electron chi connectivity index (χ1n) is 7.66. The zero-order chi connectivity index (χ0) is 19.4. The second-order valence-electron chi connectivity index (χ2n) is 5.82. The molecule has 7 N–H and O–H groups in total. The van der Waals surface area contributed by atoms with Crippen LogP contribution in [0.4, 0.5) is 0 Å². The van der Waals surface area contributed by atoms with Gasteiger partial charge in [0.05, 0.1) is 6.61 Å². The average molecular weight is 399 g/mol. The number of hydrogen-bond acceptors (Lipinski definition) is 13. The van der Waals surface area contributed by atoms with E-state index in [0.717, 1.165) is 0 Å². The highest BCUT2D eigenvalue weighted by Gasteiger charge is 2.50. The second kappa shape index (κ2) is 9.41. The Kier molecular flexibility index (Phi) is 7.78. The summed E-state index contributed by atoms with van der Waals surface area (Å²) in [7, 11) is 0. The smallest absolute Gasteiger partial charge is 0.187 e. The van der Waals surface area contributed by atoms with Crippen LogP contribution in [-0.4, -0.2) is 116 Å². The third-order valence-electron chi connectivity index (χ3n) is 4.14. The van der Waals surface area contributed by atoms with Gasteiger partial charge in [-0.3, -0.25) is 0 Å². The lowest BCUT2D eigenvalue weighted by molar-refractivity contribution is -0.355. The quantitative estimate of drug-likeness (QED) is 0.129. The van der Waals surface area contributed by atoms with E-state index in [2.05, 4.69) is 17.4 Å². The van der Waals surface area contributed by atoms with E-state index in [4.69, 9.17) is 19.0 Å². The summed E-state index contributed by atoms with van der Waals surface area (Å²) in [5.41, 5.74) is 0. The van der Waals surface area contributed by atoms with Gasteiger partial charge in [-0.25, -0.2) is 0 Å². The van der Waals surface area contributed by atoms with Gasteiger partial charge in [0.15, 0.2) is 12.6 Å². The van der Waals surface area contributed by atoms with E-state index in [1.54, 1.807) is 0 Å². The fraction of sp³-hybridized carbons (Fsp3) is 0.923. The van der Waals surface area contributed by atoms with Gasteiger partial charge in [-0.05, 0) is 17.4 Å². The minimum Gasteiger partial charge on any atom is -0.394 e. The largest absolute Gasteiger partial charge is 0.394 e. The molecule has 2 rings (SSSR count). The number of isothiocyanates is 1. The normalized spacial score (nSPS) is 46.4. The summed E-state index contributed by atoms with van der Waals surface area (Å²) in [5.74, 6) is 0. The molecule has 2 aliphatic rings. The number of nitrogens with zero attached hydrogens (tertiary/aromatic N) is 1. The summed E-state index contributed by atoms with van der Waals surface area (Å²) in [5, 5.41) is 73.5. The topological polar surface area (TPSA) is 191 Å². The first-order chi connectivity index (χ1) is 12.3. The van der Waals surface area contributed by atoms with E-state index < -0.39 is 68.0 Å². The maximum atomic E-state index is 10.0. The van der Waals surface area contributed by atoms with E-state index in [9.17, 15) is 35.7 Å². The van der Waals surface area contributed by atoms with E-state index in [-0.39, 0.29) is 6.61 Å². The molecule has 0 aliphatic carbocycles. The highest BCUT2D eigenvalue weighted by molar-refractivity contribution is 7.78. The number of thiocarbonyl (C=S) groups is 1. The van der Waals surface area contributed by atoms with Gasteiger partial charge < -0.3 is 54.8 Å². The van der Waals surface area contributed by atoms with Crippen molar-refractivity contribution in [3.05, 3.63) is 0 Å². The van der Waals surface area contributed by atoms with Crippen LogP contribution >= 0.6 is 12.2 Å². The lowest BCUT2D eigenvalue weighted by atomic mass is 9.97. The van der Waals surface area contributed by atoms with Crippen LogP contribution in [0.1, 0.15) is 0 Å². The third-order valence-corrected chi connectivity index (χ3v) is 4.21. The summed E-state index contributed by atoms with van der Waals surface area (Å²) in [6, 6.07) is 0. The summed E-state index contributed by atoms with van der Waals surface area (Å²) in [6.45, 7) is -1.04. The molecule has 0 aromatic rings. The Morgan fingerprint density at radius 3 is 2.19 bits per heavy atom. The highest BCUT2D eigenvalue weighted by atomic mass is 32.1. The maximum absolute atomic E-state index is 10.0. The molecule has 2 fully saturated rings. The number of aliphatic hydroxyl groups is 7. The molecule has 0 aromatic heterocycles. The minimum atomic E-state index is -1.75. The molecule has 0 radical (unpaired) electrons. The van der Waals surface area contributed by atoms with Gasteiger partial charge in [-0.15, -0.1) is 0 Å². The summed E-state index contributed by atoms with van der Waals surface area (Å²) in [4.78, 5) is 4.70. The molecule has 12 nitrogen and oxygen atoms in total. The van der Waals surface area contributed by atoms with Crippen molar-refractivity contribution in [1.29, 1.82) is 0 Å². The Morgan fingerprint density at radius 1 is 0.885 bits per heavy atom. The van der Waals surface area contributed by atoms with Crippen LogP contribution in [0.3, 0.4) is 0 Å². The van der Waals surface area contributed by atoms with Crippen LogP contribution in [0.2, 0.25) is 0 Å². The Hall–Kier alpha value is -0.800. The molecule has 0 amide bonds. The molecular formula is C13H21NO11S. The molecule has 0 unspecified atom stereocenters. The number of hydrogen-bond donors (Lipinski definition) is 7. The first kappa shape index (κ1) is 21.5. The molecule has 150 valence electrons. The molecule has 13 heteroatoms. The molecule has 0 bridgehead atoms. The van der Waals surface area contributed by atoms with E-state index in [1.165, 1.54) is 0 Å². The van der Waals surface area contributed by atoms with Crippen molar-refractivity contribution in [2.45, 2.75) is 61.4 Å². The zero-order valence-electron chi connectivity index (χ0n) is 13.3. The molecule has 0 saturated carbocycles. The average Bonchev–Trinajstić information content (AvgIpc) is 2.63. The van der Waals surface area contributed by atoms with Crippen molar-refractivity contribution < 1.29 is 54.8 Å². The Labute approximate surface area is 152 Å². The third kappa shape index (κ3) is 4.54. The minimum absolute atomic E-state index is 0.358. The van der Waals surface area contributed by atoms with Gasteiger partial charge in [0.1, 0.15) is 60.6 Å². The summed E-state index contributed by atoms with van der Waals surface area (Å²) in [6.07, 6.45) is -15.6. The second-order valence-corrected chi connectivity index (χ2v) is 6.01. The number of aliphatic hydroxyl groups excluding tert-OH is 7. The number of ether oxygens (including phenoxy) is 3. The predicted octanol–water partition coefficient (Wildman–Crippen LogP) is -4.36. The van der Waals surface area contributed by atoms with Gasteiger partial charge in [-0.2, -0.15) is 0 Å². The Balaban J connectivity index is 2.10. The molecular weight excluding hydrogens is 378 g/mol. The van der Waals surface area contributed by atoms with Crippen molar-refractivity contribution in [2.24, 2.45) is 5.16 Å². The fourth-order valence-corrected chi connectivity index (χ4v) is 2.75. The zero-order valence-corrected chi connectivity index (χ0v) is 14.1. The fourth-order valence-electron chi connectivity index (χ4n) is 2.69. The lowest BCUT2D eigenvalue weighted by Gasteiger charge is -2.45. The van der Waals surface area contributed by atoms with Crippen molar-refractivity contribution in [3.8, 4) is 0 Å². The van der Waals surface area contributed by atoms with Crippen molar-refractivity contribution in [2.75, 3.05) is 13.2 Å². The van der Waals surface area contributed by atoms with Gasteiger partial charge in [0.2, 0.25) is 0 Å². The lowest BCUT2D eigenvalue weighted by Crippen LogP contribution is -2.64. The van der Waals surface area contributed by atoms with Crippen LogP contribution in [0.5, 0.6) is 0 Å². The predicted molar refractivity (Wildman–Crippen MR) is 82.5 cm³/mol. The van der Waals surface area contributed by atoms with Crippen molar-refractivity contribution in [1.82, 2.24) is 0 Å². The van der Waals surface area contributed by atoms with E-state index in [1.807, 2.05) is 5.16 Å². The van der Waals surface area contributed by atoms with E-state index in [0.29, 0.717) is 0 Å². The molecule has 2 aliphatic heterocycles. The van der Waals surface area contributed by atoms with Gasteiger partial charge in [0.25, 0.3) is 0 Å². The van der Waals surface area contributed by atoms with Crippen LogP contribution < -0.4 is 0 Å². The van der Waals surface area contributed by atoms with Gasteiger partial charge in [-0.1, -0.05) is 0 Å². The van der Waals surface area contributed by atoms with E-state index >= 15 is 0 Å². The van der Waals surface area contributed by atoms with Crippen molar-refractivity contribution >= 4 is 17.4 Å². The standard InChI is InChI=1S/C13H21NO11S/c15-1-4-11(8(18)9(19)12(21)23-4)25-13-10(20)7(17)6(16)5(24-13)2-22-14-3-26/h4-13,15-21H,1-2H2/t4-,5-,6+,7+,8-,9-,10-,11-,12+,13+/m1/s1. The SMILES string of the molecule is OC[C@H]1O[C@H](O)[C@H](O)[C@@H](O)[C@@H]1O[C@@H]1O[C@H](CON=C=S)[C@H](O)[C@H](O)[C@H]1O. The highest BCUT2D eigenvalue weighted by Crippen LogP contribution is 2.28. The monoisotopic (exact) mass is 399 g/mol. The number of rotatable bonds is 6. The molecule has 0 aromatic carbocycles. The molecule has 26 heavy (non-hydrogen) atoms. The Bertz CT molecular complexity index is 504. The van der Waals surface area contributed by atoms with Crippen LogP contribution in [0.15, 0.2) is 5.16 Å². The molecule has 2 heterocycles.